The fourth-order valence-corrected chi connectivity index (χ4v) is 7.81. The van der Waals surface area contributed by atoms with Crippen molar-refractivity contribution in [2.75, 3.05) is 0 Å². The highest BCUT2D eigenvalue weighted by Crippen LogP contribution is 2.43. The van der Waals surface area contributed by atoms with Crippen LogP contribution in [0, 0.1) is 0 Å². The first-order chi connectivity index (χ1) is 24.3. The number of benzene rings is 7. The lowest BCUT2D eigenvalue weighted by molar-refractivity contribution is 0.669. The van der Waals surface area contributed by atoms with Gasteiger partial charge in [0.2, 0.25) is 0 Å². The van der Waals surface area contributed by atoms with Gasteiger partial charge in [0.25, 0.3) is 0 Å². The maximum Gasteiger partial charge on any atom is 0.165 e. The van der Waals surface area contributed by atoms with E-state index in [2.05, 4.69) is 124 Å². The Bertz CT molecular complexity index is 3110. The van der Waals surface area contributed by atoms with Crippen molar-refractivity contribution in [1.82, 2.24) is 19.1 Å². The van der Waals surface area contributed by atoms with E-state index < -0.39 is 0 Å². The quantitative estimate of drug-likeness (QED) is 0.196. The molecule has 0 aliphatic carbocycles. The Morgan fingerprint density at radius 2 is 0.980 bits per heavy atom. The van der Waals surface area contributed by atoms with Gasteiger partial charge in [-0.3, -0.25) is 4.57 Å². The van der Waals surface area contributed by atoms with Crippen LogP contribution in [0.5, 0.6) is 0 Å². The van der Waals surface area contributed by atoms with Crippen LogP contribution in [0.2, 0.25) is 0 Å². The maximum absolute atomic E-state index is 6.20. The third kappa shape index (κ3) is 3.70. The highest BCUT2D eigenvalue weighted by molar-refractivity contribution is 6.29. The van der Waals surface area contributed by atoms with Gasteiger partial charge in [0.05, 0.1) is 33.1 Å². The van der Waals surface area contributed by atoms with Crippen molar-refractivity contribution in [3.8, 4) is 22.8 Å². The number of nitrogens with zero attached hydrogens (tertiary/aromatic N) is 4. The first-order valence-electron chi connectivity index (χ1n) is 16.5. The molecule has 0 aliphatic heterocycles. The third-order valence-corrected chi connectivity index (χ3v) is 9.90. The number of para-hydroxylation sites is 5. The molecule has 0 bridgehead atoms. The maximum atomic E-state index is 6.20. The van der Waals surface area contributed by atoms with Gasteiger partial charge in [0.1, 0.15) is 16.9 Å². The summed E-state index contributed by atoms with van der Waals surface area (Å²) < 4.78 is 10.9. The van der Waals surface area contributed by atoms with Gasteiger partial charge in [-0.1, -0.05) is 97.1 Å². The molecule has 0 fully saturated rings. The minimum atomic E-state index is 0.816. The Kier molecular flexibility index (Phi) is 5.32. The van der Waals surface area contributed by atoms with E-state index in [1.807, 2.05) is 42.5 Å². The Labute approximate surface area is 279 Å². The molecule has 5 heteroatoms. The largest absolute Gasteiger partial charge is 0.456 e. The number of hydrogen-bond acceptors (Lipinski definition) is 3. The van der Waals surface area contributed by atoms with Crippen LogP contribution in [0.25, 0.3) is 99.3 Å². The molecule has 0 N–H and O–H groups in total. The van der Waals surface area contributed by atoms with Crippen molar-refractivity contribution in [3.63, 3.8) is 0 Å². The zero-order valence-corrected chi connectivity index (χ0v) is 26.2. The number of furan rings is 1. The normalized spacial score (nSPS) is 12.1. The van der Waals surface area contributed by atoms with Gasteiger partial charge < -0.3 is 8.98 Å². The molecule has 49 heavy (non-hydrogen) atoms. The molecule has 4 heterocycles. The van der Waals surface area contributed by atoms with Crippen LogP contribution < -0.4 is 0 Å². The van der Waals surface area contributed by atoms with Crippen molar-refractivity contribution in [2.45, 2.75) is 0 Å². The van der Waals surface area contributed by atoms with Crippen molar-refractivity contribution < 1.29 is 4.42 Å². The molecule has 4 aromatic heterocycles. The Balaban J connectivity index is 1.27. The second-order valence-corrected chi connectivity index (χ2v) is 12.6. The third-order valence-electron chi connectivity index (χ3n) is 9.90. The van der Waals surface area contributed by atoms with Crippen LogP contribution in [0.15, 0.2) is 162 Å². The molecule has 228 valence electrons. The minimum absolute atomic E-state index is 0.816. The lowest BCUT2D eigenvalue weighted by Gasteiger charge is -2.14. The van der Waals surface area contributed by atoms with Crippen molar-refractivity contribution in [1.29, 1.82) is 0 Å². The summed E-state index contributed by atoms with van der Waals surface area (Å²) in [6, 6.07) is 55.2. The molecule has 0 saturated heterocycles. The van der Waals surface area contributed by atoms with Crippen LogP contribution in [-0.4, -0.2) is 19.1 Å². The van der Waals surface area contributed by atoms with Gasteiger partial charge in [-0.15, -0.1) is 0 Å². The van der Waals surface area contributed by atoms with Crippen LogP contribution in [0.3, 0.4) is 0 Å². The average Bonchev–Trinajstić information content (AvgIpc) is 3.82. The van der Waals surface area contributed by atoms with Crippen LogP contribution in [-0.2, 0) is 0 Å². The first-order valence-corrected chi connectivity index (χ1v) is 16.5. The predicted molar refractivity (Wildman–Crippen MR) is 201 cm³/mol. The predicted octanol–water partition coefficient (Wildman–Crippen LogP) is 11.4. The lowest BCUT2D eigenvalue weighted by atomic mass is 10.1. The molecule has 5 nitrogen and oxygen atoms in total. The van der Waals surface area contributed by atoms with Crippen molar-refractivity contribution >= 4 is 76.6 Å². The van der Waals surface area contributed by atoms with E-state index in [4.69, 9.17) is 14.4 Å². The van der Waals surface area contributed by atoms with E-state index in [0.29, 0.717) is 0 Å². The molecule has 0 saturated carbocycles. The molecule has 0 radical (unpaired) electrons. The van der Waals surface area contributed by atoms with Crippen LogP contribution in [0.4, 0.5) is 0 Å². The second kappa shape index (κ2) is 9.89. The Hall–Kier alpha value is -6.72. The van der Waals surface area contributed by atoms with E-state index in [-0.39, 0.29) is 0 Å². The van der Waals surface area contributed by atoms with E-state index >= 15 is 0 Å². The summed E-state index contributed by atoms with van der Waals surface area (Å²) in [5.74, 6) is 0.816. The Morgan fingerprint density at radius 1 is 0.408 bits per heavy atom. The van der Waals surface area contributed by atoms with Crippen LogP contribution in [0.1, 0.15) is 0 Å². The summed E-state index contributed by atoms with van der Waals surface area (Å²) in [4.78, 5) is 10.5. The molecule has 0 amide bonds. The molecular weight excluding hydrogens is 601 g/mol. The van der Waals surface area contributed by atoms with E-state index in [0.717, 1.165) is 77.8 Å². The fraction of sp³-hybridized carbons (Fsp3) is 0. The summed E-state index contributed by atoms with van der Waals surface area (Å²) >= 11 is 0. The van der Waals surface area contributed by atoms with E-state index in [1.54, 1.807) is 0 Å². The highest BCUT2D eigenvalue weighted by atomic mass is 16.3. The zero-order valence-electron chi connectivity index (χ0n) is 26.2. The number of rotatable bonds is 3. The monoisotopic (exact) mass is 626 g/mol. The van der Waals surface area contributed by atoms with Gasteiger partial charge >= 0.3 is 0 Å². The molecule has 11 aromatic rings. The number of aromatic nitrogens is 4. The topological polar surface area (TPSA) is 48.8 Å². The summed E-state index contributed by atoms with van der Waals surface area (Å²) in [7, 11) is 0. The molecular formula is C44H26N4O. The van der Waals surface area contributed by atoms with E-state index in [9.17, 15) is 0 Å². The molecule has 0 aliphatic rings. The highest BCUT2D eigenvalue weighted by Gasteiger charge is 2.23. The summed E-state index contributed by atoms with van der Waals surface area (Å²) in [6.45, 7) is 0. The van der Waals surface area contributed by atoms with Crippen LogP contribution >= 0.6 is 0 Å². The fourth-order valence-electron chi connectivity index (χ4n) is 7.81. The van der Waals surface area contributed by atoms with E-state index in [1.165, 1.54) is 21.5 Å². The SMILES string of the molecule is c1ccc(-c2nc3ccccc3nc2-n2c3ccccc3c3c4c5ccccc5n(-c5ccc6oc7ccccc7c6c5)c4ccc32)cc1. The molecule has 0 atom stereocenters. The summed E-state index contributed by atoms with van der Waals surface area (Å²) in [5, 5.41) is 7.03. The molecule has 0 unspecified atom stereocenters. The molecule has 0 spiro atoms. The standard InChI is InChI=1S/C44H26N4O/c1-2-12-27(13-3-1)43-44(46-34-18-8-7-17-33(34)45-43)48-36-20-10-5-16-31(36)42-38(48)24-23-37-41(42)30-15-4-9-19-35(30)47(37)28-22-25-40-32(26-28)29-14-6-11-21-39(29)49-40/h1-26H. The van der Waals surface area contributed by atoms with Gasteiger partial charge in [0, 0.05) is 43.6 Å². The zero-order chi connectivity index (χ0) is 32.1. The smallest absolute Gasteiger partial charge is 0.165 e. The summed E-state index contributed by atoms with van der Waals surface area (Å²) in [6.07, 6.45) is 0. The van der Waals surface area contributed by atoms with Gasteiger partial charge in [-0.25, -0.2) is 9.97 Å². The number of fused-ring (bicyclic) bond motifs is 11. The summed E-state index contributed by atoms with van der Waals surface area (Å²) in [5.41, 5.74) is 11.0. The molecule has 11 rings (SSSR count). The van der Waals surface area contributed by atoms with Crippen molar-refractivity contribution in [3.05, 3.63) is 158 Å². The Morgan fingerprint density at radius 3 is 1.73 bits per heavy atom. The lowest BCUT2D eigenvalue weighted by Crippen LogP contribution is -2.03. The van der Waals surface area contributed by atoms with Gasteiger partial charge in [0.15, 0.2) is 5.82 Å². The van der Waals surface area contributed by atoms with Crippen molar-refractivity contribution in [2.24, 2.45) is 0 Å². The second-order valence-electron chi connectivity index (χ2n) is 12.6. The molecule has 7 aromatic carbocycles. The number of hydrogen-bond donors (Lipinski definition) is 0. The minimum Gasteiger partial charge on any atom is -0.456 e. The van der Waals surface area contributed by atoms with Gasteiger partial charge in [-0.05, 0) is 60.7 Å². The van der Waals surface area contributed by atoms with Gasteiger partial charge in [-0.2, -0.15) is 0 Å². The average molecular weight is 627 g/mol. The first kappa shape index (κ1) is 26.4.